The van der Waals surface area contributed by atoms with Crippen molar-refractivity contribution in [1.82, 2.24) is 15.1 Å². The number of nitrogens with one attached hydrogen (secondary N) is 1. The third-order valence-corrected chi connectivity index (χ3v) is 6.14. The van der Waals surface area contributed by atoms with E-state index >= 15 is 0 Å². The highest BCUT2D eigenvalue weighted by molar-refractivity contribution is 6.06. The molecule has 120 valence electrons. The molecule has 0 unspecified atom stereocenters. The predicted octanol–water partition coefficient (Wildman–Crippen LogP) is 3.35. The van der Waals surface area contributed by atoms with Crippen LogP contribution in [0.4, 0.5) is 0 Å². The molecule has 1 aromatic heterocycles. The van der Waals surface area contributed by atoms with Gasteiger partial charge in [-0.1, -0.05) is 6.07 Å². The lowest BCUT2D eigenvalue weighted by Gasteiger charge is -2.44. The van der Waals surface area contributed by atoms with E-state index in [1.165, 1.54) is 44.3 Å². The number of Topliss-reactive ketones (excluding diaryl/α,β-unsaturated/α-hetero) is 1. The Kier molecular flexibility index (Phi) is 3.08. The summed E-state index contributed by atoms with van der Waals surface area (Å²) in [6.07, 6.45) is 5.77. The van der Waals surface area contributed by atoms with Gasteiger partial charge < -0.3 is 4.90 Å². The molecule has 1 N–H and O–H groups in total. The van der Waals surface area contributed by atoms with Crippen LogP contribution in [0.25, 0.3) is 10.9 Å². The van der Waals surface area contributed by atoms with Crippen molar-refractivity contribution < 1.29 is 4.79 Å². The number of nitrogens with zero attached hydrogens (tertiary/aromatic N) is 2. The highest BCUT2D eigenvalue weighted by atomic mass is 16.1. The fourth-order valence-electron chi connectivity index (χ4n) is 4.57. The summed E-state index contributed by atoms with van der Waals surface area (Å²) in [6, 6.07) is 6.46. The highest BCUT2D eigenvalue weighted by Gasteiger charge is 2.35. The maximum atomic E-state index is 12.9. The molecular weight excluding hydrogens is 286 g/mol. The summed E-state index contributed by atoms with van der Waals surface area (Å²) in [4.78, 5) is 15.4. The van der Waals surface area contributed by atoms with Gasteiger partial charge in [0.25, 0.3) is 0 Å². The van der Waals surface area contributed by atoms with Crippen LogP contribution in [0.1, 0.15) is 54.1 Å². The highest BCUT2D eigenvalue weighted by Crippen LogP contribution is 2.41. The Morgan fingerprint density at radius 2 is 2.04 bits per heavy atom. The van der Waals surface area contributed by atoms with E-state index in [1.54, 1.807) is 0 Å². The Hall–Kier alpha value is -1.68. The van der Waals surface area contributed by atoms with Crippen molar-refractivity contribution in [3.05, 3.63) is 29.5 Å². The minimum atomic E-state index is 0.225. The Balaban J connectivity index is 1.41. The smallest absolute Gasteiger partial charge is 0.184 e. The van der Waals surface area contributed by atoms with Gasteiger partial charge in [0.15, 0.2) is 5.78 Å². The van der Waals surface area contributed by atoms with Crippen molar-refractivity contribution in [2.45, 2.75) is 38.0 Å². The van der Waals surface area contributed by atoms with E-state index in [9.17, 15) is 4.79 Å². The maximum absolute atomic E-state index is 12.9. The minimum absolute atomic E-state index is 0.225. The van der Waals surface area contributed by atoms with Gasteiger partial charge >= 0.3 is 0 Å². The van der Waals surface area contributed by atoms with Crippen LogP contribution < -0.4 is 0 Å². The quantitative estimate of drug-likeness (QED) is 0.881. The first-order valence-corrected chi connectivity index (χ1v) is 9.01. The van der Waals surface area contributed by atoms with Gasteiger partial charge in [0.05, 0.1) is 5.52 Å². The first-order valence-electron chi connectivity index (χ1n) is 9.01. The molecule has 2 bridgehead atoms. The number of fused-ring (bicyclic) bond motifs is 4. The monoisotopic (exact) mass is 309 g/mol. The van der Waals surface area contributed by atoms with Crippen LogP contribution in [0.3, 0.4) is 0 Å². The van der Waals surface area contributed by atoms with E-state index < -0.39 is 0 Å². The zero-order valence-electron chi connectivity index (χ0n) is 13.4. The molecule has 1 atom stereocenters. The average molecular weight is 309 g/mol. The molecule has 1 aromatic carbocycles. The molecule has 4 fully saturated rings. The molecular formula is C19H23N3O. The van der Waals surface area contributed by atoms with Crippen LogP contribution in [0.2, 0.25) is 0 Å². The number of carbonyl (C=O) groups excluding carboxylic acids is 1. The Labute approximate surface area is 136 Å². The molecule has 0 amide bonds. The van der Waals surface area contributed by atoms with Crippen molar-refractivity contribution >= 4 is 16.7 Å². The molecule has 0 radical (unpaired) electrons. The van der Waals surface area contributed by atoms with Crippen molar-refractivity contribution in [2.75, 3.05) is 19.6 Å². The fourth-order valence-corrected chi connectivity index (χ4v) is 4.57. The third-order valence-electron chi connectivity index (χ3n) is 6.14. The number of piperidine rings is 3. The Bertz CT molecular complexity index is 753. The second-order valence-electron chi connectivity index (χ2n) is 7.68. The molecule has 4 nitrogen and oxygen atoms in total. The van der Waals surface area contributed by atoms with E-state index in [4.69, 9.17) is 0 Å². The minimum Gasteiger partial charge on any atom is -0.303 e. The number of aromatic nitrogens is 2. The summed E-state index contributed by atoms with van der Waals surface area (Å²) in [7, 11) is 0. The van der Waals surface area contributed by atoms with E-state index in [1.807, 2.05) is 0 Å². The summed E-state index contributed by atoms with van der Waals surface area (Å²) in [5.74, 6) is 2.21. The number of carbonyl (C=O) groups is 1. The molecule has 0 spiro atoms. The molecule has 3 saturated heterocycles. The number of hydrogen-bond donors (Lipinski definition) is 1. The lowest BCUT2D eigenvalue weighted by molar-refractivity contribution is 0.0440. The summed E-state index contributed by atoms with van der Waals surface area (Å²) >= 11 is 0. The molecule has 4 heteroatoms. The van der Waals surface area contributed by atoms with Gasteiger partial charge in [0, 0.05) is 18.4 Å². The Morgan fingerprint density at radius 1 is 1.22 bits per heavy atom. The molecule has 4 aliphatic rings. The number of H-pyrrole nitrogens is 1. The van der Waals surface area contributed by atoms with Gasteiger partial charge in [0.2, 0.25) is 0 Å². The lowest BCUT2D eigenvalue weighted by Crippen LogP contribution is -2.47. The van der Waals surface area contributed by atoms with Crippen molar-refractivity contribution in [1.29, 1.82) is 0 Å². The average Bonchev–Trinajstić information content (AvgIpc) is 3.35. The normalized spacial score (nSPS) is 30.0. The second kappa shape index (κ2) is 5.17. The molecule has 1 aliphatic carbocycles. The first-order chi connectivity index (χ1) is 11.3. The van der Waals surface area contributed by atoms with Crippen LogP contribution in [-0.4, -0.2) is 40.5 Å². The van der Waals surface area contributed by atoms with E-state index in [2.05, 4.69) is 33.3 Å². The van der Waals surface area contributed by atoms with E-state index in [-0.39, 0.29) is 5.78 Å². The van der Waals surface area contributed by atoms with Crippen LogP contribution >= 0.6 is 0 Å². The summed E-state index contributed by atoms with van der Waals surface area (Å²) < 4.78 is 0. The zero-order valence-corrected chi connectivity index (χ0v) is 13.4. The zero-order chi connectivity index (χ0) is 15.4. The van der Waals surface area contributed by atoms with Crippen LogP contribution in [0, 0.1) is 11.8 Å². The molecule has 1 saturated carbocycles. The van der Waals surface area contributed by atoms with Crippen molar-refractivity contribution in [3.8, 4) is 0 Å². The van der Waals surface area contributed by atoms with Crippen LogP contribution in [-0.2, 0) is 0 Å². The standard InChI is InChI=1S/C19H23N3O/c23-18(10-15-11-22-7-5-13(15)6-8-22)19-16-9-14(12-1-2-12)3-4-17(16)20-21-19/h3-4,9,12-13,15H,1-2,5-8,10-11H2,(H,20,21)/t15-/m0/s1. The number of benzene rings is 1. The third kappa shape index (κ3) is 2.40. The maximum Gasteiger partial charge on any atom is 0.184 e. The van der Waals surface area contributed by atoms with Gasteiger partial charge in [-0.05, 0) is 74.2 Å². The lowest BCUT2D eigenvalue weighted by atomic mass is 9.76. The number of ketones is 1. The first kappa shape index (κ1) is 13.7. The number of rotatable bonds is 4. The van der Waals surface area contributed by atoms with Crippen molar-refractivity contribution in [2.24, 2.45) is 11.8 Å². The Morgan fingerprint density at radius 3 is 2.74 bits per heavy atom. The van der Waals surface area contributed by atoms with Gasteiger partial charge in [-0.25, -0.2) is 0 Å². The van der Waals surface area contributed by atoms with E-state index in [0.717, 1.165) is 23.4 Å². The fraction of sp³-hybridized carbons (Fsp3) is 0.579. The SMILES string of the molecule is O=C(C[C@H]1CN2CCC1CC2)c1n[nH]c2ccc(C3CC3)cc12. The van der Waals surface area contributed by atoms with Crippen LogP contribution in [0.15, 0.2) is 18.2 Å². The van der Waals surface area contributed by atoms with Gasteiger partial charge in [-0.15, -0.1) is 0 Å². The molecule has 6 rings (SSSR count). The molecule has 23 heavy (non-hydrogen) atoms. The van der Waals surface area contributed by atoms with Gasteiger partial charge in [-0.3, -0.25) is 9.89 Å². The largest absolute Gasteiger partial charge is 0.303 e. The molecule has 4 heterocycles. The topological polar surface area (TPSA) is 49.0 Å². The van der Waals surface area contributed by atoms with Crippen LogP contribution in [0.5, 0.6) is 0 Å². The number of aromatic amines is 1. The summed E-state index contributed by atoms with van der Waals surface area (Å²) in [5.41, 5.74) is 3.03. The molecule has 2 aromatic rings. The van der Waals surface area contributed by atoms with Gasteiger partial charge in [0.1, 0.15) is 5.69 Å². The van der Waals surface area contributed by atoms with Crippen molar-refractivity contribution in [3.63, 3.8) is 0 Å². The van der Waals surface area contributed by atoms with E-state index in [0.29, 0.717) is 24.0 Å². The van der Waals surface area contributed by atoms with Gasteiger partial charge in [-0.2, -0.15) is 5.10 Å². The summed E-state index contributed by atoms with van der Waals surface area (Å²) in [6.45, 7) is 3.56. The predicted molar refractivity (Wildman–Crippen MR) is 89.7 cm³/mol. The summed E-state index contributed by atoms with van der Waals surface area (Å²) in [5, 5.41) is 8.43. The number of hydrogen-bond acceptors (Lipinski definition) is 3. The molecule has 3 aliphatic heterocycles. The second-order valence-corrected chi connectivity index (χ2v) is 7.68.